The van der Waals surface area contributed by atoms with Gasteiger partial charge in [0.25, 0.3) is 0 Å². The molecule has 0 saturated heterocycles. The van der Waals surface area contributed by atoms with Gasteiger partial charge in [-0.25, -0.2) is 8.42 Å². The van der Waals surface area contributed by atoms with E-state index in [1.807, 2.05) is 26.0 Å². The van der Waals surface area contributed by atoms with Crippen LogP contribution in [0.4, 0.5) is 5.69 Å². The van der Waals surface area contributed by atoms with Crippen LogP contribution in [0.1, 0.15) is 45.6 Å². The van der Waals surface area contributed by atoms with Crippen LogP contribution in [-0.2, 0) is 26.2 Å². The Labute approximate surface area is 220 Å². The lowest BCUT2D eigenvalue weighted by Gasteiger charge is -2.30. The van der Waals surface area contributed by atoms with E-state index in [0.29, 0.717) is 17.2 Å². The smallest absolute Gasteiger partial charge is 0.242 e. The van der Waals surface area contributed by atoms with E-state index in [2.05, 4.69) is 5.32 Å². The predicted molar refractivity (Wildman–Crippen MR) is 145 cm³/mol. The molecule has 0 saturated carbocycles. The van der Waals surface area contributed by atoms with Gasteiger partial charge in [0.1, 0.15) is 17.5 Å². The highest BCUT2D eigenvalue weighted by Crippen LogP contribution is 2.24. The van der Waals surface area contributed by atoms with Crippen molar-refractivity contribution in [2.24, 2.45) is 0 Å². The molecule has 2 atom stereocenters. The number of benzene rings is 2. The maximum atomic E-state index is 13.4. The lowest BCUT2D eigenvalue weighted by molar-refractivity contribution is -0.140. The maximum absolute atomic E-state index is 13.4. The quantitative estimate of drug-likeness (QED) is 0.398. The maximum Gasteiger partial charge on any atom is 0.242 e. The zero-order valence-electron chi connectivity index (χ0n) is 22.6. The average molecular weight is 534 g/mol. The number of sulfonamides is 1. The molecule has 0 bridgehead atoms. The van der Waals surface area contributed by atoms with Crippen LogP contribution in [0, 0.1) is 0 Å². The number of carbonyl (C=O) groups excluding carboxylic acids is 2. The molecule has 2 aromatic carbocycles. The van der Waals surface area contributed by atoms with Gasteiger partial charge in [-0.15, -0.1) is 0 Å². The number of nitrogens with one attached hydrogen (secondary N) is 1. The van der Waals surface area contributed by atoms with Crippen molar-refractivity contribution in [3.8, 4) is 11.5 Å². The van der Waals surface area contributed by atoms with Crippen molar-refractivity contribution in [3.63, 3.8) is 0 Å². The summed E-state index contributed by atoms with van der Waals surface area (Å²) in [6, 6.07) is 13.4. The standard InChI is InChI=1S/C27H39N3O6S/c1-7-20(2)28-27(32)21(3)29(19-22-13-15-24(35-4)16-14-22)26(31)12-9-17-30(37(6,33)34)23-10-8-11-25(18-23)36-5/h8,10-11,13-16,18,20-21H,7,9,12,17,19H2,1-6H3,(H,28,32)/t20-,21+/m1/s1. The molecule has 2 rings (SSSR count). The van der Waals surface area contributed by atoms with Crippen molar-refractivity contribution in [3.05, 3.63) is 54.1 Å². The lowest BCUT2D eigenvalue weighted by atomic mass is 10.1. The first-order valence-electron chi connectivity index (χ1n) is 12.3. The molecule has 1 N–H and O–H groups in total. The van der Waals surface area contributed by atoms with Gasteiger partial charge in [-0.05, 0) is 56.5 Å². The van der Waals surface area contributed by atoms with E-state index in [1.54, 1.807) is 50.4 Å². The number of amides is 2. The van der Waals surface area contributed by atoms with Gasteiger partial charge in [-0.2, -0.15) is 0 Å². The van der Waals surface area contributed by atoms with E-state index in [0.717, 1.165) is 18.2 Å². The Kier molecular flexibility index (Phi) is 11.2. The highest BCUT2D eigenvalue weighted by Gasteiger charge is 2.27. The van der Waals surface area contributed by atoms with Crippen LogP contribution in [0.3, 0.4) is 0 Å². The Morgan fingerprint density at radius 2 is 1.65 bits per heavy atom. The predicted octanol–water partition coefficient (Wildman–Crippen LogP) is 3.58. The number of ether oxygens (including phenoxy) is 2. The summed E-state index contributed by atoms with van der Waals surface area (Å²) in [7, 11) is -0.492. The van der Waals surface area contributed by atoms with E-state index in [1.165, 1.54) is 16.3 Å². The van der Waals surface area contributed by atoms with Gasteiger partial charge in [0.05, 0.1) is 26.2 Å². The van der Waals surface area contributed by atoms with Crippen LogP contribution >= 0.6 is 0 Å². The first kappa shape index (κ1) is 30.0. The van der Waals surface area contributed by atoms with Crippen molar-refractivity contribution < 1.29 is 27.5 Å². The van der Waals surface area contributed by atoms with E-state index in [4.69, 9.17) is 9.47 Å². The average Bonchev–Trinajstić information content (AvgIpc) is 2.88. The molecule has 0 fully saturated rings. The second-order valence-corrected chi connectivity index (χ2v) is 10.9. The van der Waals surface area contributed by atoms with Gasteiger partial charge >= 0.3 is 0 Å². The molecule has 0 heterocycles. The summed E-state index contributed by atoms with van der Waals surface area (Å²) in [6.45, 7) is 5.95. The van der Waals surface area contributed by atoms with Crippen molar-refractivity contribution >= 4 is 27.5 Å². The van der Waals surface area contributed by atoms with Crippen LogP contribution < -0.4 is 19.1 Å². The summed E-state index contributed by atoms with van der Waals surface area (Å²) < 4.78 is 36.7. The summed E-state index contributed by atoms with van der Waals surface area (Å²) in [4.78, 5) is 27.8. The minimum atomic E-state index is -3.59. The van der Waals surface area contributed by atoms with Crippen molar-refractivity contribution in [2.75, 3.05) is 31.3 Å². The Bertz CT molecular complexity index is 1140. The molecule has 2 aromatic rings. The molecule has 2 amide bonds. The fraction of sp³-hybridized carbons (Fsp3) is 0.481. The molecule has 0 aliphatic rings. The zero-order valence-corrected chi connectivity index (χ0v) is 23.4. The van der Waals surface area contributed by atoms with E-state index in [9.17, 15) is 18.0 Å². The SMILES string of the molecule is CC[C@@H](C)NC(=O)[C@H](C)N(Cc1ccc(OC)cc1)C(=O)CCCN(c1cccc(OC)c1)S(C)(=O)=O. The number of hydrogen-bond acceptors (Lipinski definition) is 6. The highest BCUT2D eigenvalue weighted by atomic mass is 32.2. The summed E-state index contributed by atoms with van der Waals surface area (Å²) in [6.07, 6.45) is 2.26. The van der Waals surface area contributed by atoms with Crippen LogP contribution in [0.5, 0.6) is 11.5 Å². The Hall–Kier alpha value is -3.27. The minimum absolute atomic E-state index is 0.0147. The van der Waals surface area contributed by atoms with Gasteiger partial charge < -0.3 is 19.7 Å². The second kappa shape index (κ2) is 13.9. The second-order valence-electron chi connectivity index (χ2n) is 9.00. The molecule has 0 aliphatic carbocycles. The van der Waals surface area contributed by atoms with Gasteiger partial charge in [-0.1, -0.05) is 25.1 Å². The molecule has 0 aliphatic heterocycles. The molecule has 0 radical (unpaired) electrons. The summed E-state index contributed by atoms with van der Waals surface area (Å²) in [5.74, 6) is 0.767. The molecule has 37 heavy (non-hydrogen) atoms. The first-order valence-corrected chi connectivity index (χ1v) is 14.2. The number of nitrogens with zero attached hydrogens (tertiary/aromatic N) is 2. The molecule has 10 heteroatoms. The lowest BCUT2D eigenvalue weighted by Crippen LogP contribution is -2.49. The number of carbonyl (C=O) groups is 2. The highest BCUT2D eigenvalue weighted by molar-refractivity contribution is 7.92. The molecule has 0 aromatic heterocycles. The summed E-state index contributed by atoms with van der Waals surface area (Å²) in [5.41, 5.74) is 1.32. The molecule has 9 nitrogen and oxygen atoms in total. The topological polar surface area (TPSA) is 105 Å². The van der Waals surface area contributed by atoms with Crippen molar-refractivity contribution in [1.29, 1.82) is 0 Å². The van der Waals surface area contributed by atoms with Crippen LogP contribution in [0.25, 0.3) is 0 Å². The Morgan fingerprint density at radius 3 is 2.22 bits per heavy atom. The van der Waals surface area contributed by atoms with Gasteiger partial charge in [0.15, 0.2) is 0 Å². The van der Waals surface area contributed by atoms with E-state index >= 15 is 0 Å². The van der Waals surface area contributed by atoms with Crippen LogP contribution in [-0.4, -0.2) is 64.2 Å². The fourth-order valence-electron chi connectivity index (χ4n) is 3.75. The molecule has 0 unspecified atom stereocenters. The van der Waals surface area contributed by atoms with E-state index < -0.39 is 16.1 Å². The number of hydrogen-bond donors (Lipinski definition) is 1. The molecule has 0 spiro atoms. The monoisotopic (exact) mass is 533 g/mol. The molecule has 204 valence electrons. The Morgan fingerprint density at radius 1 is 1.00 bits per heavy atom. The van der Waals surface area contributed by atoms with Crippen LogP contribution in [0.15, 0.2) is 48.5 Å². The third-order valence-corrected chi connectivity index (χ3v) is 7.37. The number of methoxy groups -OCH3 is 2. The van der Waals surface area contributed by atoms with Crippen molar-refractivity contribution in [1.82, 2.24) is 10.2 Å². The van der Waals surface area contributed by atoms with Gasteiger partial charge in [-0.3, -0.25) is 13.9 Å². The zero-order chi connectivity index (χ0) is 27.6. The third-order valence-electron chi connectivity index (χ3n) is 6.17. The summed E-state index contributed by atoms with van der Waals surface area (Å²) >= 11 is 0. The minimum Gasteiger partial charge on any atom is -0.497 e. The molecular formula is C27H39N3O6S. The third kappa shape index (κ3) is 8.96. The normalized spacial score (nSPS) is 12.8. The van der Waals surface area contributed by atoms with Crippen molar-refractivity contribution in [2.45, 2.75) is 58.7 Å². The van der Waals surface area contributed by atoms with Crippen LogP contribution in [0.2, 0.25) is 0 Å². The Balaban J connectivity index is 2.19. The largest absolute Gasteiger partial charge is 0.497 e. The van der Waals surface area contributed by atoms with Gasteiger partial charge in [0, 0.05) is 31.6 Å². The fourth-order valence-corrected chi connectivity index (χ4v) is 4.70. The first-order chi connectivity index (χ1) is 17.5. The number of rotatable bonds is 14. The van der Waals surface area contributed by atoms with E-state index in [-0.39, 0.29) is 43.8 Å². The number of anilines is 1. The molecular weight excluding hydrogens is 494 g/mol. The summed E-state index contributed by atoms with van der Waals surface area (Å²) in [5, 5.41) is 2.94. The van der Waals surface area contributed by atoms with Gasteiger partial charge in [0.2, 0.25) is 21.8 Å².